The van der Waals surface area contributed by atoms with Crippen molar-refractivity contribution in [3.05, 3.63) is 42.0 Å². The van der Waals surface area contributed by atoms with Crippen molar-refractivity contribution in [1.29, 1.82) is 0 Å². The molecule has 1 aromatic carbocycles. The molecule has 78 valence electrons. The van der Waals surface area contributed by atoms with Gasteiger partial charge in [-0.1, -0.05) is 30.4 Å². The van der Waals surface area contributed by atoms with E-state index in [0.717, 1.165) is 16.8 Å². The molecule has 0 radical (unpaired) electrons. The summed E-state index contributed by atoms with van der Waals surface area (Å²) in [6.07, 6.45) is 0. The molecule has 0 unspecified atom stereocenters. The molecule has 0 saturated heterocycles. The number of para-hydroxylation sites is 1. The van der Waals surface area contributed by atoms with Crippen LogP contribution < -0.4 is 4.90 Å². The highest BCUT2D eigenvalue weighted by Crippen LogP contribution is 2.44. The third-order valence-electron chi connectivity index (χ3n) is 3.39. The van der Waals surface area contributed by atoms with Gasteiger partial charge in [-0.05, 0) is 25.5 Å². The van der Waals surface area contributed by atoms with E-state index in [1.165, 1.54) is 0 Å². The number of hydrogen-bond donors (Lipinski definition) is 0. The molecular formula is C13H15NO. The van der Waals surface area contributed by atoms with Gasteiger partial charge in [-0.2, -0.15) is 0 Å². The van der Waals surface area contributed by atoms with Crippen molar-refractivity contribution < 1.29 is 4.79 Å². The number of carbonyl (C=O) groups excluding carboxylic acids is 1. The van der Waals surface area contributed by atoms with E-state index >= 15 is 0 Å². The fourth-order valence-corrected chi connectivity index (χ4v) is 2.16. The van der Waals surface area contributed by atoms with E-state index in [1.807, 2.05) is 45.2 Å². The first-order chi connectivity index (χ1) is 6.99. The zero-order chi connectivity index (χ0) is 11.2. The van der Waals surface area contributed by atoms with Crippen LogP contribution in [0.25, 0.3) is 0 Å². The van der Waals surface area contributed by atoms with Crippen LogP contribution in [0.5, 0.6) is 0 Å². The minimum atomic E-state index is -0.550. The molecule has 0 fully saturated rings. The summed E-state index contributed by atoms with van der Waals surface area (Å²) in [5, 5.41) is 0. The summed E-state index contributed by atoms with van der Waals surface area (Å²) in [6, 6.07) is 7.89. The number of fused-ring (bicyclic) bond motifs is 1. The lowest BCUT2D eigenvalue weighted by Gasteiger charge is -2.23. The Bertz CT molecular complexity index is 450. The summed E-state index contributed by atoms with van der Waals surface area (Å²) in [5.41, 5.74) is 2.40. The Kier molecular flexibility index (Phi) is 1.97. The maximum absolute atomic E-state index is 12.2. The molecule has 1 amide bonds. The number of anilines is 1. The van der Waals surface area contributed by atoms with Crippen LogP contribution in [0, 0.1) is 0 Å². The first-order valence-electron chi connectivity index (χ1n) is 5.03. The fraction of sp³-hybridized carbons (Fsp3) is 0.308. The highest BCUT2D eigenvalue weighted by atomic mass is 16.2. The number of benzene rings is 1. The molecule has 1 atom stereocenters. The van der Waals surface area contributed by atoms with E-state index in [2.05, 4.69) is 6.58 Å². The zero-order valence-corrected chi connectivity index (χ0v) is 9.37. The van der Waals surface area contributed by atoms with E-state index < -0.39 is 5.41 Å². The number of carbonyl (C=O) groups is 1. The Morgan fingerprint density at radius 1 is 1.40 bits per heavy atom. The van der Waals surface area contributed by atoms with Gasteiger partial charge in [0.2, 0.25) is 5.91 Å². The molecule has 2 heteroatoms. The van der Waals surface area contributed by atoms with Gasteiger partial charge in [0.1, 0.15) is 0 Å². The lowest BCUT2D eigenvalue weighted by Crippen LogP contribution is -2.36. The van der Waals surface area contributed by atoms with Crippen LogP contribution in [0.2, 0.25) is 0 Å². The van der Waals surface area contributed by atoms with Crippen LogP contribution in [0.4, 0.5) is 5.69 Å². The quantitative estimate of drug-likeness (QED) is 0.639. The molecule has 0 aliphatic carbocycles. The minimum Gasteiger partial charge on any atom is -0.314 e. The molecule has 2 nitrogen and oxygen atoms in total. The summed E-state index contributed by atoms with van der Waals surface area (Å²) in [7, 11) is 1.81. The lowest BCUT2D eigenvalue weighted by molar-refractivity contribution is -0.121. The van der Waals surface area contributed by atoms with Gasteiger partial charge in [-0.3, -0.25) is 4.79 Å². The first-order valence-corrected chi connectivity index (χ1v) is 5.03. The summed E-state index contributed by atoms with van der Waals surface area (Å²) in [5.74, 6) is 0.108. The predicted octanol–water partition coefficient (Wildman–Crippen LogP) is 2.50. The molecule has 0 bridgehead atoms. The molecule has 0 saturated carbocycles. The Morgan fingerprint density at radius 3 is 2.60 bits per heavy atom. The smallest absolute Gasteiger partial charge is 0.241 e. The molecule has 15 heavy (non-hydrogen) atoms. The molecular weight excluding hydrogens is 186 g/mol. The Labute approximate surface area is 90.2 Å². The van der Waals surface area contributed by atoms with E-state index in [9.17, 15) is 4.79 Å². The van der Waals surface area contributed by atoms with Crippen LogP contribution in [0.3, 0.4) is 0 Å². The number of likely N-dealkylation sites (N-methyl/N-ethyl adjacent to an activating group) is 1. The second-order valence-corrected chi connectivity index (χ2v) is 4.29. The zero-order valence-electron chi connectivity index (χ0n) is 9.37. The summed E-state index contributed by atoms with van der Waals surface area (Å²) >= 11 is 0. The topological polar surface area (TPSA) is 20.3 Å². The van der Waals surface area contributed by atoms with Crippen molar-refractivity contribution in [2.45, 2.75) is 19.3 Å². The SMILES string of the molecule is C=C(C)[C@]1(C)C(=O)N(C)c2ccccc21. The van der Waals surface area contributed by atoms with Crippen molar-refractivity contribution >= 4 is 11.6 Å². The van der Waals surface area contributed by atoms with Crippen LogP contribution in [-0.2, 0) is 10.2 Å². The van der Waals surface area contributed by atoms with Crippen LogP contribution in [0.1, 0.15) is 19.4 Å². The van der Waals surface area contributed by atoms with Crippen molar-refractivity contribution in [2.24, 2.45) is 0 Å². The van der Waals surface area contributed by atoms with Gasteiger partial charge in [0.25, 0.3) is 0 Å². The predicted molar refractivity (Wildman–Crippen MR) is 62.0 cm³/mol. The van der Waals surface area contributed by atoms with Gasteiger partial charge in [0.05, 0.1) is 5.41 Å². The van der Waals surface area contributed by atoms with Crippen molar-refractivity contribution in [1.82, 2.24) is 0 Å². The van der Waals surface area contributed by atoms with Gasteiger partial charge >= 0.3 is 0 Å². The largest absolute Gasteiger partial charge is 0.314 e. The summed E-state index contributed by atoms with van der Waals surface area (Å²) in [4.78, 5) is 13.9. The number of rotatable bonds is 1. The summed E-state index contributed by atoms with van der Waals surface area (Å²) in [6.45, 7) is 7.80. The molecule has 0 aromatic heterocycles. The molecule has 2 rings (SSSR count). The molecule has 1 heterocycles. The molecule has 0 N–H and O–H groups in total. The maximum Gasteiger partial charge on any atom is 0.241 e. The normalized spacial score (nSPS) is 24.2. The van der Waals surface area contributed by atoms with Crippen molar-refractivity contribution in [3.63, 3.8) is 0 Å². The second-order valence-electron chi connectivity index (χ2n) is 4.29. The molecule has 1 aliphatic heterocycles. The highest BCUT2D eigenvalue weighted by Gasteiger charge is 2.46. The van der Waals surface area contributed by atoms with Gasteiger partial charge in [0, 0.05) is 12.7 Å². The van der Waals surface area contributed by atoms with Crippen molar-refractivity contribution in [3.8, 4) is 0 Å². The highest BCUT2D eigenvalue weighted by molar-refractivity contribution is 6.09. The third-order valence-corrected chi connectivity index (χ3v) is 3.39. The number of amides is 1. The van der Waals surface area contributed by atoms with E-state index in [0.29, 0.717) is 0 Å². The standard InChI is InChI=1S/C13H15NO/c1-9(2)13(3)10-7-5-6-8-11(10)14(4)12(13)15/h5-8H,1H2,2-4H3/t13-/m0/s1. The average Bonchev–Trinajstić information content (AvgIpc) is 2.43. The fourth-order valence-electron chi connectivity index (χ4n) is 2.16. The third kappa shape index (κ3) is 1.08. The Balaban J connectivity index is 2.71. The number of hydrogen-bond acceptors (Lipinski definition) is 1. The Morgan fingerprint density at radius 2 is 2.00 bits per heavy atom. The first kappa shape index (κ1) is 9.97. The molecule has 1 aromatic rings. The second kappa shape index (κ2) is 2.96. The van der Waals surface area contributed by atoms with Crippen LogP contribution in [-0.4, -0.2) is 13.0 Å². The van der Waals surface area contributed by atoms with Crippen LogP contribution >= 0.6 is 0 Å². The van der Waals surface area contributed by atoms with Gasteiger partial charge in [-0.25, -0.2) is 0 Å². The van der Waals surface area contributed by atoms with Crippen LogP contribution in [0.15, 0.2) is 36.4 Å². The molecule has 1 aliphatic rings. The van der Waals surface area contributed by atoms with E-state index in [-0.39, 0.29) is 5.91 Å². The summed E-state index contributed by atoms with van der Waals surface area (Å²) < 4.78 is 0. The number of nitrogens with zero attached hydrogens (tertiary/aromatic N) is 1. The maximum atomic E-state index is 12.2. The average molecular weight is 201 g/mol. The minimum absolute atomic E-state index is 0.108. The van der Waals surface area contributed by atoms with Gasteiger partial charge in [0.15, 0.2) is 0 Å². The lowest BCUT2D eigenvalue weighted by atomic mass is 9.78. The van der Waals surface area contributed by atoms with Gasteiger partial charge in [-0.15, -0.1) is 0 Å². The monoisotopic (exact) mass is 201 g/mol. The van der Waals surface area contributed by atoms with E-state index in [1.54, 1.807) is 4.90 Å². The van der Waals surface area contributed by atoms with E-state index in [4.69, 9.17) is 0 Å². The van der Waals surface area contributed by atoms with Gasteiger partial charge < -0.3 is 4.90 Å². The molecule has 0 spiro atoms. The van der Waals surface area contributed by atoms with Crippen molar-refractivity contribution in [2.75, 3.05) is 11.9 Å². The Hall–Kier alpha value is -1.57.